The molecule has 1 unspecified atom stereocenters. The van der Waals surface area contributed by atoms with Crippen LogP contribution in [0.25, 0.3) is 0 Å². The Labute approximate surface area is 205 Å². The standard InChI is InChI=1S/C24H33F3N4O3S/c1-6-12-31(13-7-2)21-17(8-11-20(29-21)24(25,26)27)15-23(4,22(28)32)18-9-10-19(16(3)14-18)30-35(5,33)34/h8-11,14,30H,6-7,12-13,15H2,1-5H3,(H2,28,32). The highest BCUT2D eigenvalue weighted by Gasteiger charge is 2.37. The number of nitrogens with two attached hydrogens (primary N) is 1. The number of sulfonamides is 1. The smallest absolute Gasteiger partial charge is 0.369 e. The van der Waals surface area contributed by atoms with Crippen LogP contribution in [0.3, 0.4) is 0 Å². The summed E-state index contributed by atoms with van der Waals surface area (Å²) in [5, 5.41) is 0. The van der Waals surface area contributed by atoms with Crippen molar-refractivity contribution in [2.45, 2.75) is 58.5 Å². The molecular weight excluding hydrogens is 481 g/mol. The van der Waals surface area contributed by atoms with Gasteiger partial charge in [-0.15, -0.1) is 0 Å². The van der Waals surface area contributed by atoms with Crippen LogP contribution >= 0.6 is 0 Å². The van der Waals surface area contributed by atoms with Crippen molar-refractivity contribution in [2.24, 2.45) is 5.73 Å². The maximum absolute atomic E-state index is 13.5. The number of amides is 1. The number of nitrogens with one attached hydrogen (secondary N) is 1. The molecule has 35 heavy (non-hydrogen) atoms. The quantitative estimate of drug-likeness (QED) is 0.463. The van der Waals surface area contributed by atoms with Crippen LogP contribution in [-0.2, 0) is 32.8 Å². The minimum atomic E-state index is -4.61. The van der Waals surface area contributed by atoms with Crippen LogP contribution in [0.2, 0.25) is 0 Å². The van der Waals surface area contributed by atoms with Crippen molar-refractivity contribution in [3.05, 3.63) is 52.7 Å². The minimum Gasteiger partial charge on any atom is -0.369 e. The van der Waals surface area contributed by atoms with Crippen molar-refractivity contribution in [2.75, 3.05) is 29.0 Å². The van der Waals surface area contributed by atoms with Gasteiger partial charge in [-0.2, -0.15) is 13.2 Å². The first-order chi connectivity index (χ1) is 16.1. The number of primary amides is 1. The van der Waals surface area contributed by atoms with Crippen molar-refractivity contribution in [3.8, 4) is 0 Å². The monoisotopic (exact) mass is 514 g/mol. The zero-order chi connectivity index (χ0) is 26.6. The van der Waals surface area contributed by atoms with Gasteiger partial charge in [0.25, 0.3) is 0 Å². The fourth-order valence-electron chi connectivity index (χ4n) is 3.94. The summed E-state index contributed by atoms with van der Waals surface area (Å²) in [6.07, 6.45) is -2.14. The molecule has 3 N–H and O–H groups in total. The Morgan fingerprint density at radius 2 is 1.71 bits per heavy atom. The molecule has 1 aromatic carbocycles. The van der Waals surface area contributed by atoms with E-state index in [4.69, 9.17) is 5.73 Å². The number of carbonyl (C=O) groups is 1. The summed E-state index contributed by atoms with van der Waals surface area (Å²) in [6.45, 7) is 8.18. The molecule has 1 atom stereocenters. The third kappa shape index (κ3) is 7.09. The van der Waals surface area contributed by atoms with E-state index in [2.05, 4.69) is 9.71 Å². The number of pyridine rings is 1. The van der Waals surface area contributed by atoms with E-state index >= 15 is 0 Å². The van der Waals surface area contributed by atoms with Crippen LogP contribution in [0.1, 0.15) is 56.0 Å². The van der Waals surface area contributed by atoms with Crippen LogP contribution in [0.5, 0.6) is 0 Å². The van der Waals surface area contributed by atoms with Gasteiger partial charge in [-0.05, 0) is 61.9 Å². The summed E-state index contributed by atoms with van der Waals surface area (Å²) in [4.78, 5) is 18.5. The van der Waals surface area contributed by atoms with Crippen LogP contribution in [0.4, 0.5) is 24.7 Å². The number of halogens is 3. The van der Waals surface area contributed by atoms with E-state index in [1.54, 1.807) is 36.9 Å². The number of anilines is 2. The van der Waals surface area contributed by atoms with E-state index in [1.165, 1.54) is 6.07 Å². The Hall–Kier alpha value is -2.82. The normalized spacial score (nSPS) is 13.8. The molecule has 11 heteroatoms. The minimum absolute atomic E-state index is 0.0189. The number of alkyl halides is 3. The van der Waals surface area contributed by atoms with E-state index in [1.807, 2.05) is 13.8 Å². The Morgan fingerprint density at radius 1 is 1.11 bits per heavy atom. The zero-order valence-electron chi connectivity index (χ0n) is 20.7. The molecule has 7 nitrogen and oxygen atoms in total. The molecule has 0 radical (unpaired) electrons. The number of benzene rings is 1. The van der Waals surface area contributed by atoms with Gasteiger partial charge in [0.2, 0.25) is 15.9 Å². The maximum Gasteiger partial charge on any atom is 0.433 e. The SMILES string of the molecule is CCCN(CCC)c1nc(C(F)(F)F)ccc1CC(C)(C(N)=O)c1ccc(NS(C)(=O)=O)c(C)c1. The molecule has 2 rings (SSSR count). The summed E-state index contributed by atoms with van der Waals surface area (Å²) in [5.41, 5.74) is 5.46. The van der Waals surface area contributed by atoms with Gasteiger partial charge >= 0.3 is 6.18 Å². The Kier molecular flexibility index (Phi) is 8.80. The predicted octanol–water partition coefficient (Wildman–Crippen LogP) is 4.39. The number of aryl methyl sites for hydroxylation is 1. The molecule has 0 aliphatic carbocycles. The zero-order valence-corrected chi connectivity index (χ0v) is 21.5. The molecule has 1 amide bonds. The second kappa shape index (κ2) is 10.8. The van der Waals surface area contributed by atoms with E-state index in [0.29, 0.717) is 48.3 Å². The third-order valence-electron chi connectivity index (χ3n) is 5.78. The van der Waals surface area contributed by atoms with Crippen molar-refractivity contribution in [1.82, 2.24) is 4.98 Å². The van der Waals surface area contributed by atoms with Crippen LogP contribution in [0, 0.1) is 6.92 Å². The lowest BCUT2D eigenvalue weighted by Gasteiger charge is -2.31. The van der Waals surface area contributed by atoms with Gasteiger partial charge in [-0.1, -0.05) is 32.0 Å². The predicted molar refractivity (Wildman–Crippen MR) is 132 cm³/mol. The van der Waals surface area contributed by atoms with Crippen molar-refractivity contribution in [3.63, 3.8) is 0 Å². The highest BCUT2D eigenvalue weighted by molar-refractivity contribution is 7.92. The fraction of sp³-hybridized carbons (Fsp3) is 0.500. The first-order valence-corrected chi connectivity index (χ1v) is 13.2. The lowest BCUT2D eigenvalue weighted by atomic mass is 9.76. The molecule has 1 heterocycles. The number of hydrogen-bond donors (Lipinski definition) is 2. The van der Waals surface area contributed by atoms with Gasteiger partial charge in [-0.25, -0.2) is 13.4 Å². The number of rotatable bonds is 11. The molecule has 0 aliphatic rings. The Morgan fingerprint density at radius 3 is 2.17 bits per heavy atom. The summed E-state index contributed by atoms with van der Waals surface area (Å²) >= 11 is 0. The maximum atomic E-state index is 13.5. The molecule has 0 saturated carbocycles. The molecule has 0 spiro atoms. The van der Waals surface area contributed by atoms with Crippen molar-refractivity contribution in [1.29, 1.82) is 0 Å². The van der Waals surface area contributed by atoms with Crippen LogP contribution < -0.4 is 15.4 Å². The molecular formula is C24H33F3N4O3S. The highest BCUT2D eigenvalue weighted by atomic mass is 32.2. The van der Waals surface area contributed by atoms with Gasteiger partial charge in [0.1, 0.15) is 11.5 Å². The van der Waals surface area contributed by atoms with Crippen LogP contribution in [0.15, 0.2) is 30.3 Å². The van der Waals surface area contributed by atoms with Gasteiger partial charge in [0.15, 0.2) is 0 Å². The van der Waals surface area contributed by atoms with E-state index < -0.39 is 33.2 Å². The van der Waals surface area contributed by atoms with Gasteiger partial charge in [0.05, 0.1) is 17.4 Å². The van der Waals surface area contributed by atoms with Gasteiger partial charge < -0.3 is 10.6 Å². The lowest BCUT2D eigenvalue weighted by molar-refractivity contribution is -0.141. The van der Waals surface area contributed by atoms with E-state index in [0.717, 1.165) is 12.3 Å². The number of nitrogens with zero attached hydrogens (tertiary/aromatic N) is 2. The molecule has 0 bridgehead atoms. The molecule has 0 aliphatic heterocycles. The first kappa shape index (κ1) is 28.4. The number of carbonyl (C=O) groups excluding carboxylic acids is 1. The average molecular weight is 515 g/mol. The molecule has 1 aromatic heterocycles. The average Bonchev–Trinajstić information content (AvgIpc) is 2.73. The second-order valence-electron chi connectivity index (χ2n) is 8.94. The summed E-state index contributed by atoms with van der Waals surface area (Å²) in [7, 11) is -3.50. The molecule has 2 aromatic rings. The Bertz CT molecular complexity index is 1160. The summed E-state index contributed by atoms with van der Waals surface area (Å²) in [6, 6.07) is 7.07. The van der Waals surface area contributed by atoms with E-state index in [9.17, 15) is 26.4 Å². The first-order valence-electron chi connectivity index (χ1n) is 11.3. The highest BCUT2D eigenvalue weighted by Crippen LogP contribution is 2.36. The topological polar surface area (TPSA) is 105 Å². The number of aromatic nitrogens is 1. The summed E-state index contributed by atoms with van der Waals surface area (Å²) in [5.74, 6) is -0.479. The molecule has 194 valence electrons. The largest absolute Gasteiger partial charge is 0.433 e. The van der Waals surface area contributed by atoms with Crippen LogP contribution in [-0.4, -0.2) is 38.7 Å². The third-order valence-corrected chi connectivity index (χ3v) is 6.37. The second-order valence-corrected chi connectivity index (χ2v) is 10.7. The summed E-state index contributed by atoms with van der Waals surface area (Å²) < 4.78 is 66.0. The van der Waals surface area contributed by atoms with Gasteiger partial charge in [0, 0.05) is 13.1 Å². The van der Waals surface area contributed by atoms with Crippen molar-refractivity contribution >= 4 is 27.4 Å². The fourth-order valence-corrected chi connectivity index (χ4v) is 4.57. The molecule has 0 saturated heterocycles. The lowest BCUT2D eigenvalue weighted by Crippen LogP contribution is -2.41. The molecule has 0 fully saturated rings. The van der Waals surface area contributed by atoms with Gasteiger partial charge in [-0.3, -0.25) is 9.52 Å². The van der Waals surface area contributed by atoms with E-state index in [-0.39, 0.29) is 12.2 Å². The Balaban J connectivity index is 2.62. The number of hydrogen-bond acceptors (Lipinski definition) is 5. The van der Waals surface area contributed by atoms with Crippen molar-refractivity contribution < 1.29 is 26.4 Å².